The largest absolute Gasteiger partial charge is 0.467 e. The van der Waals surface area contributed by atoms with Crippen LogP contribution in [0.4, 0.5) is 17.8 Å². The normalized spacial score (nSPS) is 14.7. The van der Waals surface area contributed by atoms with Gasteiger partial charge >= 0.3 is 5.97 Å². The van der Waals surface area contributed by atoms with Crippen LogP contribution in [-0.2, 0) is 14.3 Å². The van der Waals surface area contributed by atoms with Gasteiger partial charge in [0.25, 0.3) is 0 Å². The summed E-state index contributed by atoms with van der Waals surface area (Å²) in [7, 11) is 2.99. The molecule has 1 amide bonds. The van der Waals surface area contributed by atoms with Gasteiger partial charge in [-0.15, -0.1) is 11.6 Å². The maximum absolute atomic E-state index is 12.4. The van der Waals surface area contributed by atoms with E-state index in [1.54, 1.807) is 36.2 Å². The van der Waals surface area contributed by atoms with E-state index >= 15 is 0 Å². The van der Waals surface area contributed by atoms with Crippen LogP contribution in [0.1, 0.15) is 11.6 Å². The van der Waals surface area contributed by atoms with Gasteiger partial charge in [-0.05, 0) is 6.07 Å². The maximum Gasteiger partial charge on any atom is 0.333 e. The number of hydrogen-bond acceptors (Lipinski definition) is 9. The number of carbonyl (C=O) groups excluding carboxylic acids is 2. The molecule has 3 rings (SSSR count). The molecule has 1 atom stereocenters. The molecule has 0 radical (unpaired) electrons. The molecule has 166 valence electrons. The first kappa shape index (κ1) is 22.8. The number of anilines is 3. The van der Waals surface area contributed by atoms with Crippen molar-refractivity contribution in [3.05, 3.63) is 34.9 Å². The van der Waals surface area contributed by atoms with Crippen LogP contribution in [0, 0.1) is 0 Å². The Labute approximate surface area is 189 Å². The molecule has 2 heterocycles. The van der Waals surface area contributed by atoms with E-state index in [1.807, 2.05) is 4.90 Å². The Hall–Kier alpha value is -2.85. The van der Waals surface area contributed by atoms with Crippen LogP contribution in [-0.4, -0.2) is 77.9 Å². The third-order valence-electron chi connectivity index (χ3n) is 4.80. The second-order valence-corrected chi connectivity index (χ2v) is 7.33. The molecule has 2 N–H and O–H groups in total. The van der Waals surface area contributed by atoms with E-state index in [2.05, 4.69) is 25.6 Å². The number of ether oxygens (including phenoxy) is 1. The monoisotopic (exact) mass is 467 g/mol. The van der Waals surface area contributed by atoms with Crippen molar-refractivity contribution in [3.63, 3.8) is 0 Å². The Kier molecular flexibility index (Phi) is 7.69. The predicted molar refractivity (Wildman–Crippen MR) is 119 cm³/mol. The van der Waals surface area contributed by atoms with Crippen LogP contribution in [0.2, 0.25) is 5.02 Å². The van der Waals surface area contributed by atoms with Crippen molar-refractivity contribution in [2.75, 3.05) is 61.7 Å². The summed E-state index contributed by atoms with van der Waals surface area (Å²) in [6, 6.07) is 6.06. The highest BCUT2D eigenvalue weighted by molar-refractivity contribution is 6.31. The molecule has 1 saturated heterocycles. The fourth-order valence-corrected chi connectivity index (χ4v) is 3.56. The summed E-state index contributed by atoms with van der Waals surface area (Å²) in [6.45, 7) is 2.11. The highest BCUT2D eigenvalue weighted by Gasteiger charge is 2.27. The van der Waals surface area contributed by atoms with Crippen molar-refractivity contribution in [2.24, 2.45) is 0 Å². The summed E-state index contributed by atoms with van der Waals surface area (Å²) in [6.07, 6.45) is 0. The smallest absolute Gasteiger partial charge is 0.333 e. The highest BCUT2D eigenvalue weighted by atomic mass is 35.5. The average molecular weight is 468 g/mol. The molecule has 1 aromatic carbocycles. The van der Waals surface area contributed by atoms with Crippen molar-refractivity contribution in [1.29, 1.82) is 0 Å². The van der Waals surface area contributed by atoms with E-state index in [-0.39, 0.29) is 17.7 Å². The minimum Gasteiger partial charge on any atom is -0.467 e. The number of piperazine rings is 1. The lowest BCUT2D eigenvalue weighted by molar-refractivity contribution is -0.141. The minimum absolute atomic E-state index is 0.0410. The maximum atomic E-state index is 12.4. The number of benzene rings is 1. The molecule has 1 aromatic heterocycles. The van der Waals surface area contributed by atoms with Crippen LogP contribution in [0.5, 0.6) is 0 Å². The van der Waals surface area contributed by atoms with E-state index < -0.39 is 12.0 Å². The van der Waals surface area contributed by atoms with Crippen molar-refractivity contribution >= 4 is 52.9 Å². The molecule has 31 heavy (non-hydrogen) atoms. The summed E-state index contributed by atoms with van der Waals surface area (Å²) in [5.41, 5.74) is 0.539. The fraction of sp³-hybridized carbons (Fsp3) is 0.421. The number of halogens is 2. The van der Waals surface area contributed by atoms with Gasteiger partial charge in [-0.1, -0.05) is 29.8 Å². The first-order chi connectivity index (χ1) is 15.0. The van der Waals surface area contributed by atoms with Crippen molar-refractivity contribution in [1.82, 2.24) is 19.9 Å². The lowest BCUT2D eigenvalue weighted by Gasteiger charge is -2.34. The van der Waals surface area contributed by atoms with Gasteiger partial charge in [0.1, 0.15) is 5.88 Å². The molecule has 0 bridgehead atoms. The molecule has 12 heteroatoms. The number of nitrogens with one attached hydrogen (secondary N) is 2. The standard InChI is InChI=1S/C19H23Cl2N7O3/c1-22-17-24-18(23-15(16(30)31-2)12-5-3-4-6-13(12)21)26-19(25-17)28-9-7-27(8-10-28)14(29)11-20/h3-6,15H,7-11H2,1-2H3,(H2,22,23,24,25,26). The second kappa shape index (κ2) is 10.5. The Morgan fingerprint density at radius 2 is 1.81 bits per heavy atom. The van der Waals surface area contributed by atoms with E-state index in [4.69, 9.17) is 27.9 Å². The first-order valence-electron chi connectivity index (χ1n) is 9.58. The Morgan fingerprint density at radius 1 is 1.13 bits per heavy atom. The molecular weight excluding hydrogens is 445 g/mol. The van der Waals surface area contributed by atoms with E-state index in [0.717, 1.165) is 0 Å². The van der Waals surface area contributed by atoms with Gasteiger partial charge in [0.05, 0.1) is 7.11 Å². The van der Waals surface area contributed by atoms with Gasteiger partial charge in [-0.2, -0.15) is 15.0 Å². The number of amides is 1. The number of hydrogen-bond donors (Lipinski definition) is 2. The molecule has 1 aliphatic heterocycles. The van der Waals surface area contributed by atoms with E-state index in [0.29, 0.717) is 48.7 Å². The van der Waals surface area contributed by atoms with Gasteiger partial charge < -0.3 is 25.2 Å². The van der Waals surface area contributed by atoms with E-state index in [9.17, 15) is 9.59 Å². The first-order valence-corrected chi connectivity index (χ1v) is 10.5. The number of rotatable bonds is 7. The zero-order valence-electron chi connectivity index (χ0n) is 17.1. The summed E-state index contributed by atoms with van der Waals surface area (Å²) < 4.78 is 4.94. The molecule has 10 nitrogen and oxygen atoms in total. The highest BCUT2D eigenvalue weighted by Crippen LogP contribution is 2.27. The van der Waals surface area contributed by atoms with Crippen LogP contribution < -0.4 is 15.5 Å². The van der Waals surface area contributed by atoms with Crippen LogP contribution in [0.15, 0.2) is 24.3 Å². The summed E-state index contributed by atoms with van der Waals surface area (Å²) in [4.78, 5) is 41.1. The zero-order chi connectivity index (χ0) is 22.4. The van der Waals surface area contributed by atoms with E-state index in [1.165, 1.54) is 7.11 Å². The number of alkyl halides is 1. The number of carbonyl (C=O) groups is 2. The number of esters is 1. The molecule has 1 fully saturated rings. The molecule has 0 aliphatic carbocycles. The zero-order valence-corrected chi connectivity index (χ0v) is 18.7. The van der Waals surface area contributed by atoms with Crippen LogP contribution >= 0.6 is 23.2 Å². The fourth-order valence-electron chi connectivity index (χ4n) is 3.14. The Bertz CT molecular complexity index is 938. The third kappa shape index (κ3) is 5.45. The number of aromatic nitrogens is 3. The second-order valence-electron chi connectivity index (χ2n) is 6.66. The SMILES string of the molecule is CNc1nc(NC(C(=O)OC)c2ccccc2Cl)nc(N2CCN(C(=O)CCl)CC2)n1. The van der Waals surface area contributed by atoms with Gasteiger partial charge in [-0.3, -0.25) is 4.79 Å². The van der Waals surface area contributed by atoms with Gasteiger partial charge in [0.2, 0.25) is 23.8 Å². The summed E-state index contributed by atoms with van der Waals surface area (Å²) in [5, 5.41) is 6.32. The Balaban J connectivity index is 1.85. The van der Waals surface area contributed by atoms with Crippen LogP contribution in [0.25, 0.3) is 0 Å². The summed E-state index contributed by atoms with van der Waals surface area (Å²) >= 11 is 11.9. The molecule has 0 saturated carbocycles. The third-order valence-corrected chi connectivity index (χ3v) is 5.38. The van der Waals surface area contributed by atoms with Crippen LogP contribution in [0.3, 0.4) is 0 Å². The average Bonchev–Trinajstić information content (AvgIpc) is 2.82. The quantitative estimate of drug-likeness (QED) is 0.464. The lowest BCUT2D eigenvalue weighted by Crippen LogP contribution is -2.49. The van der Waals surface area contributed by atoms with Gasteiger partial charge in [0, 0.05) is 43.8 Å². The van der Waals surface area contributed by atoms with Gasteiger partial charge in [0.15, 0.2) is 6.04 Å². The predicted octanol–water partition coefficient (Wildman–Crippen LogP) is 1.78. The molecule has 2 aromatic rings. The van der Waals surface area contributed by atoms with Crippen molar-refractivity contribution in [3.8, 4) is 0 Å². The molecule has 1 aliphatic rings. The van der Waals surface area contributed by atoms with Crippen molar-refractivity contribution in [2.45, 2.75) is 6.04 Å². The molecule has 0 spiro atoms. The minimum atomic E-state index is -0.906. The van der Waals surface area contributed by atoms with Gasteiger partial charge in [-0.25, -0.2) is 4.79 Å². The number of methoxy groups -OCH3 is 1. The Morgan fingerprint density at radius 3 is 2.42 bits per heavy atom. The molecule has 1 unspecified atom stereocenters. The molecular formula is C19H23Cl2N7O3. The number of nitrogens with zero attached hydrogens (tertiary/aromatic N) is 5. The summed E-state index contributed by atoms with van der Waals surface area (Å²) in [5.74, 6) is 0.256. The topological polar surface area (TPSA) is 113 Å². The van der Waals surface area contributed by atoms with Crippen molar-refractivity contribution < 1.29 is 14.3 Å². The lowest BCUT2D eigenvalue weighted by atomic mass is 10.1.